The highest BCUT2D eigenvalue weighted by Gasteiger charge is 2.34. The largest absolute Gasteiger partial charge is 0.375 e. The minimum Gasteiger partial charge on any atom is -0.375 e. The fourth-order valence-corrected chi connectivity index (χ4v) is 5.01. The first kappa shape index (κ1) is 19.5. The van der Waals surface area contributed by atoms with Crippen LogP contribution in [0.15, 0.2) is 48.5 Å². The number of aromatic amines is 1. The fourth-order valence-electron chi connectivity index (χ4n) is 4.85. The average Bonchev–Trinajstić information content (AvgIpc) is 3.17. The molecule has 3 aromatic rings. The van der Waals surface area contributed by atoms with Crippen molar-refractivity contribution in [2.45, 2.75) is 25.5 Å². The summed E-state index contributed by atoms with van der Waals surface area (Å²) in [5.41, 5.74) is 5.82. The molecular weight excluding hydrogens is 398 g/mol. The number of fused-ring (bicyclic) bond motifs is 3. The van der Waals surface area contributed by atoms with Gasteiger partial charge in [-0.2, -0.15) is 0 Å². The number of nitrogens with zero attached hydrogens (tertiary/aromatic N) is 2. The van der Waals surface area contributed by atoms with Crippen LogP contribution >= 0.6 is 11.6 Å². The van der Waals surface area contributed by atoms with Crippen molar-refractivity contribution >= 4 is 34.1 Å². The van der Waals surface area contributed by atoms with Crippen LogP contribution in [0.4, 0.5) is 5.69 Å². The monoisotopic (exact) mass is 423 g/mol. The Morgan fingerprint density at radius 1 is 1.17 bits per heavy atom. The Morgan fingerprint density at radius 3 is 2.73 bits per heavy atom. The number of morpholine rings is 1. The van der Waals surface area contributed by atoms with E-state index in [0.717, 1.165) is 42.9 Å². The van der Waals surface area contributed by atoms with E-state index in [-0.39, 0.29) is 23.9 Å². The molecule has 1 N–H and O–H groups in total. The van der Waals surface area contributed by atoms with Crippen molar-refractivity contribution in [2.75, 3.05) is 37.0 Å². The van der Waals surface area contributed by atoms with Crippen LogP contribution in [0.25, 0.3) is 10.9 Å². The van der Waals surface area contributed by atoms with Gasteiger partial charge in [0.1, 0.15) is 5.88 Å². The molecule has 1 fully saturated rings. The molecule has 1 unspecified atom stereocenters. The maximum Gasteiger partial charge on any atom is 0.238 e. The number of rotatable bonds is 3. The molecule has 0 radical (unpaired) electrons. The number of hydrogen-bond acceptors (Lipinski definition) is 3. The Labute approximate surface area is 181 Å². The first-order valence-electron chi connectivity index (χ1n) is 10.6. The molecule has 6 heteroatoms. The van der Waals surface area contributed by atoms with E-state index in [9.17, 15) is 4.79 Å². The van der Waals surface area contributed by atoms with Gasteiger partial charge in [-0.1, -0.05) is 30.3 Å². The van der Waals surface area contributed by atoms with Gasteiger partial charge >= 0.3 is 0 Å². The zero-order valence-electron chi connectivity index (χ0n) is 17.1. The van der Waals surface area contributed by atoms with E-state index in [4.69, 9.17) is 16.3 Å². The molecule has 3 heterocycles. The first-order valence-corrected chi connectivity index (χ1v) is 11.1. The molecular formula is C24H26ClN3O2. The highest BCUT2D eigenvalue weighted by atomic mass is 35.5. The molecule has 5 rings (SSSR count). The zero-order chi connectivity index (χ0) is 20.7. The van der Waals surface area contributed by atoms with Crippen LogP contribution in [-0.4, -0.2) is 54.0 Å². The molecule has 2 aromatic carbocycles. The van der Waals surface area contributed by atoms with E-state index in [1.807, 2.05) is 11.0 Å². The van der Waals surface area contributed by atoms with E-state index in [2.05, 4.69) is 59.3 Å². The highest BCUT2D eigenvalue weighted by molar-refractivity contribution is 6.27. The number of carbonyl (C=O) groups is 1. The number of para-hydroxylation sites is 1. The summed E-state index contributed by atoms with van der Waals surface area (Å²) in [4.78, 5) is 20.5. The van der Waals surface area contributed by atoms with E-state index in [1.54, 1.807) is 0 Å². The normalized spacial score (nSPS) is 21.7. The van der Waals surface area contributed by atoms with E-state index in [0.29, 0.717) is 6.54 Å². The van der Waals surface area contributed by atoms with Gasteiger partial charge in [0.15, 0.2) is 0 Å². The molecule has 0 bridgehead atoms. The molecule has 2 atom stereocenters. The molecule has 1 aromatic heterocycles. The standard InChI is InChI=1S/C24H26ClN3O2/c1-16-15-27(12-13-30-16)18-8-6-17(7-9-18)24-23-20(10-11-28(24)22(29)14-25)19-4-2-3-5-21(19)26-23/h2-9,16,24,26H,10-15H2,1H3/t16?,24-/m0/s1. The summed E-state index contributed by atoms with van der Waals surface area (Å²) in [6.07, 6.45) is 1.07. The van der Waals surface area contributed by atoms with E-state index < -0.39 is 0 Å². The van der Waals surface area contributed by atoms with Crippen molar-refractivity contribution in [1.82, 2.24) is 9.88 Å². The number of aromatic nitrogens is 1. The van der Waals surface area contributed by atoms with Gasteiger partial charge in [-0.25, -0.2) is 0 Å². The van der Waals surface area contributed by atoms with Gasteiger partial charge in [0.2, 0.25) is 5.91 Å². The molecule has 2 aliphatic rings. The van der Waals surface area contributed by atoms with Crippen molar-refractivity contribution in [3.63, 3.8) is 0 Å². The summed E-state index contributed by atoms with van der Waals surface area (Å²) < 4.78 is 5.67. The van der Waals surface area contributed by atoms with Crippen LogP contribution in [0, 0.1) is 0 Å². The summed E-state index contributed by atoms with van der Waals surface area (Å²) >= 11 is 5.96. The van der Waals surface area contributed by atoms with Crippen LogP contribution in [0.3, 0.4) is 0 Å². The zero-order valence-corrected chi connectivity index (χ0v) is 17.9. The maximum atomic E-state index is 12.7. The second-order valence-corrected chi connectivity index (χ2v) is 8.42. The Hall–Kier alpha value is -2.50. The number of H-pyrrole nitrogens is 1. The number of benzene rings is 2. The number of halogens is 1. The van der Waals surface area contributed by atoms with Crippen molar-refractivity contribution in [3.8, 4) is 0 Å². The smallest absolute Gasteiger partial charge is 0.238 e. The Balaban J connectivity index is 1.54. The predicted octanol–water partition coefficient (Wildman–Crippen LogP) is 4.11. The van der Waals surface area contributed by atoms with Crippen molar-refractivity contribution in [3.05, 3.63) is 65.4 Å². The van der Waals surface area contributed by atoms with Gasteiger partial charge < -0.3 is 19.5 Å². The molecule has 0 saturated carbocycles. The maximum absolute atomic E-state index is 12.7. The topological polar surface area (TPSA) is 48.6 Å². The van der Waals surface area contributed by atoms with Gasteiger partial charge in [-0.05, 0) is 42.7 Å². The van der Waals surface area contributed by atoms with Crippen molar-refractivity contribution in [2.24, 2.45) is 0 Å². The van der Waals surface area contributed by atoms with Crippen LogP contribution in [0.2, 0.25) is 0 Å². The average molecular weight is 424 g/mol. The SMILES string of the molecule is CC1CN(c2ccc([C@H]3c4[nH]c5ccccc5c4CCN3C(=O)CCl)cc2)CCO1. The minimum atomic E-state index is -0.148. The van der Waals surface area contributed by atoms with Crippen LogP contribution in [-0.2, 0) is 16.0 Å². The summed E-state index contributed by atoms with van der Waals surface area (Å²) in [5, 5.41) is 1.24. The molecule has 156 valence electrons. The Kier molecular flexibility index (Phi) is 5.17. The number of amides is 1. The van der Waals surface area contributed by atoms with E-state index in [1.165, 1.54) is 16.6 Å². The number of carbonyl (C=O) groups excluding carboxylic acids is 1. The third kappa shape index (κ3) is 3.36. The molecule has 0 spiro atoms. The third-order valence-electron chi connectivity index (χ3n) is 6.28. The van der Waals surface area contributed by atoms with Crippen LogP contribution < -0.4 is 4.90 Å². The molecule has 2 aliphatic heterocycles. The number of ether oxygens (including phenoxy) is 1. The number of alkyl halides is 1. The number of hydrogen-bond donors (Lipinski definition) is 1. The predicted molar refractivity (Wildman–Crippen MR) is 120 cm³/mol. The summed E-state index contributed by atoms with van der Waals surface area (Å²) in [6.45, 7) is 5.33. The van der Waals surface area contributed by atoms with Gasteiger partial charge in [-0.15, -0.1) is 11.6 Å². The quantitative estimate of drug-likeness (QED) is 0.645. The van der Waals surface area contributed by atoms with Crippen LogP contribution in [0.5, 0.6) is 0 Å². The minimum absolute atomic E-state index is 0.00416. The third-order valence-corrected chi connectivity index (χ3v) is 6.51. The highest BCUT2D eigenvalue weighted by Crippen LogP contribution is 2.39. The molecule has 5 nitrogen and oxygen atoms in total. The molecule has 1 amide bonds. The number of anilines is 1. The van der Waals surface area contributed by atoms with Crippen molar-refractivity contribution < 1.29 is 9.53 Å². The summed E-state index contributed by atoms with van der Waals surface area (Å²) in [7, 11) is 0. The lowest BCUT2D eigenvalue weighted by molar-refractivity contribution is -0.130. The number of nitrogens with one attached hydrogen (secondary N) is 1. The van der Waals surface area contributed by atoms with E-state index >= 15 is 0 Å². The molecule has 30 heavy (non-hydrogen) atoms. The Bertz CT molecular complexity index is 1060. The lowest BCUT2D eigenvalue weighted by Crippen LogP contribution is -2.41. The lowest BCUT2D eigenvalue weighted by Gasteiger charge is -2.36. The van der Waals surface area contributed by atoms with Gasteiger partial charge in [0.25, 0.3) is 0 Å². The second kappa shape index (κ2) is 7.97. The summed E-state index contributed by atoms with van der Waals surface area (Å²) in [5.74, 6) is -0.0347. The molecule has 0 aliphatic carbocycles. The van der Waals surface area contributed by atoms with Crippen LogP contribution in [0.1, 0.15) is 29.8 Å². The van der Waals surface area contributed by atoms with Gasteiger partial charge in [0, 0.05) is 41.9 Å². The molecule has 1 saturated heterocycles. The fraction of sp³-hybridized carbons (Fsp3) is 0.375. The first-order chi connectivity index (χ1) is 14.7. The van der Waals surface area contributed by atoms with Gasteiger partial charge in [0.05, 0.1) is 18.8 Å². The Morgan fingerprint density at radius 2 is 1.97 bits per heavy atom. The van der Waals surface area contributed by atoms with Gasteiger partial charge in [-0.3, -0.25) is 4.79 Å². The lowest BCUT2D eigenvalue weighted by atomic mass is 9.92. The van der Waals surface area contributed by atoms with Crippen molar-refractivity contribution in [1.29, 1.82) is 0 Å². The summed E-state index contributed by atoms with van der Waals surface area (Å²) in [6, 6.07) is 16.8. The second-order valence-electron chi connectivity index (χ2n) is 8.16.